The van der Waals surface area contributed by atoms with E-state index in [4.69, 9.17) is 4.74 Å². The summed E-state index contributed by atoms with van der Waals surface area (Å²) in [5, 5.41) is 33.2. The zero-order chi connectivity index (χ0) is 26.0. The van der Waals surface area contributed by atoms with Crippen LogP contribution in [0.2, 0.25) is 0 Å². The molecule has 7 heteroatoms. The quantitative estimate of drug-likeness (QED) is 0.567. The first-order valence-electron chi connectivity index (χ1n) is 14.0. The lowest BCUT2D eigenvalue weighted by molar-refractivity contribution is -0.188. The van der Waals surface area contributed by atoms with Crippen LogP contribution in [0.4, 0.5) is 0 Å². The first kappa shape index (κ1) is 22.9. The van der Waals surface area contributed by atoms with Gasteiger partial charge in [-0.2, -0.15) is 0 Å². The number of hydrogen-bond acceptors (Lipinski definition) is 6. The Morgan fingerprint density at radius 1 is 1.16 bits per heavy atom. The van der Waals surface area contributed by atoms with Gasteiger partial charge in [0.05, 0.1) is 5.41 Å². The number of rotatable bonds is 5. The fourth-order valence-electron chi connectivity index (χ4n) is 9.01. The minimum atomic E-state index is -1.44. The maximum absolute atomic E-state index is 14.1. The highest BCUT2D eigenvalue weighted by molar-refractivity contribution is 5.97. The second kappa shape index (κ2) is 7.33. The zero-order valence-electron chi connectivity index (χ0n) is 21.7. The van der Waals surface area contributed by atoms with Gasteiger partial charge in [0.25, 0.3) is 5.91 Å². The molecule has 9 rings (SSSR count). The molecule has 1 amide bonds. The molecule has 7 nitrogen and oxygen atoms in total. The summed E-state index contributed by atoms with van der Waals surface area (Å²) in [5.74, 6) is 1.36. The molecule has 2 spiro atoms. The summed E-state index contributed by atoms with van der Waals surface area (Å²) in [5.41, 5.74) is 1.34. The molecule has 0 radical (unpaired) electrons. The summed E-state index contributed by atoms with van der Waals surface area (Å²) in [6.45, 7) is 2.36. The normalized spacial score (nSPS) is 35.9. The van der Waals surface area contributed by atoms with Crippen LogP contribution < -0.4 is 4.74 Å². The summed E-state index contributed by atoms with van der Waals surface area (Å²) >= 11 is 0. The first-order chi connectivity index (χ1) is 18.3. The summed E-state index contributed by atoms with van der Waals surface area (Å²) in [7, 11) is 1.75. The SMILES string of the molecule is CN(Cc1cccc(O)c1)C(=O)C1=C[C@@]23CC[C@]1(O)[C@@H]1Oc4c(O)ccc5c4[C@@]12CCN(CC1CC1)[C@@H]3C5. The molecule has 2 aromatic rings. The van der Waals surface area contributed by atoms with Crippen LogP contribution in [0.1, 0.15) is 48.8 Å². The second-order valence-electron chi connectivity index (χ2n) is 12.7. The van der Waals surface area contributed by atoms with Crippen molar-refractivity contribution in [2.45, 2.75) is 68.2 Å². The van der Waals surface area contributed by atoms with Gasteiger partial charge in [-0.1, -0.05) is 24.3 Å². The fourth-order valence-corrected chi connectivity index (χ4v) is 9.01. The molecule has 198 valence electrons. The number of benzene rings is 2. The lowest BCUT2D eigenvalue weighted by Crippen LogP contribution is -2.78. The first-order valence-corrected chi connectivity index (χ1v) is 14.0. The Hall–Kier alpha value is -3.03. The van der Waals surface area contributed by atoms with Crippen LogP contribution in [0.15, 0.2) is 48.0 Å². The predicted octanol–water partition coefficient (Wildman–Crippen LogP) is 3.25. The van der Waals surface area contributed by atoms with Crippen molar-refractivity contribution in [3.05, 3.63) is 64.7 Å². The van der Waals surface area contributed by atoms with E-state index in [1.165, 1.54) is 18.4 Å². The van der Waals surface area contributed by atoms with Gasteiger partial charge >= 0.3 is 0 Å². The number of likely N-dealkylation sites (N-methyl/N-ethyl adjacent to an activating group) is 1. The highest BCUT2D eigenvalue weighted by atomic mass is 16.5. The van der Waals surface area contributed by atoms with Gasteiger partial charge in [-0.15, -0.1) is 0 Å². The maximum Gasteiger partial charge on any atom is 0.252 e. The van der Waals surface area contributed by atoms with E-state index in [-0.39, 0.29) is 28.9 Å². The molecule has 38 heavy (non-hydrogen) atoms. The van der Waals surface area contributed by atoms with E-state index in [0.29, 0.717) is 24.3 Å². The molecule has 2 saturated carbocycles. The van der Waals surface area contributed by atoms with Crippen molar-refractivity contribution < 1.29 is 24.9 Å². The summed E-state index contributed by atoms with van der Waals surface area (Å²) in [4.78, 5) is 18.4. The van der Waals surface area contributed by atoms with Crippen LogP contribution >= 0.6 is 0 Å². The molecule has 5 aliphatic carbocycles. The highest BCUT2D eigenvalue weighted by Gasteiger charge is 2.78. The molecular weight excluding hydrogens is 480 g/mol. The van der Waals surface area contributed by atoms with E-state index >= 15 is 0 Å². The summed E-state index contributed by atoms with van der Waals surface area (Å²) < 4.78 is 6.60. The van der Waals surface area contributed by atoms with E-state index in [1.807, 2.05) is 12.1 Å². The molecule has 0 aromatic heterocycles. The van der Waals surface area contributed by atoms with Crippen molar-refractivity contribution in [2.24, 2.45) is 11.3 Å². The molecule has 0 unspecified atom stereocenters. The molecule has 1 saturated heterocycles. The number of carbonyl (C=O) groups excluding carboxylic acids is 1. The van der Waals surface area contributed by atoms with Gasteiger partial charge in [-0.05, 0) is 80.3 Å². The van der Waals surface area contributed by atoms with Gasteiger partial charge in [0.2, 0.25) is 0 Å². The van der Waals surface area contributed by atoms with Crippen LogP contribution in [0.25, 0.3) is 0 Å². The number of piperidine rings is 1. The standard InChI is InChI=1S/C31H34N2O5/c1-32(16-19-3-2-4-21(34)13-19)27(36)22-15-29-9-10-31(22,37)28-30(29)11-12-33(17-18-5-6-18)24(29)14-20-7-8-23(35)26(38-28)25(20)30/h2-4,7-8,13,15,18,24,28,34-35,37H,5-6,9-12,14,16-17H2,1H3/t24-,28-,29-,30+,31-/m1/s1. The van der Waals surface area contributed by atoms with Crippen molar-refractivity contribution >= 4 is 5.91 Å². The molecule has 7 aliphatic rings. The zero-order valence-corrected chi connectivity index (χ0v) is 21.7. The molecular formula is C31H34N2O5. The Labute approximate surface area is 222 Å². The van der Waals surface area contributed by atoms with Crippen LogP contribution in [0, 0.1) is 11.3 Å². The number of phenols is 2. The summed E-state index contributed by atoms with van der Waals surface area (Å²) in [6.07, 6.45) is 7.12. The van der Waals surface area contributed by atoms with Gasteiger partial charge in [0.1, 0.15) is 17.5 Å². The number of nitrogens with zero attached hydrogens (tertiary/aromatic N) is 2. The molecule has 5 atom stereocenters. The minimum absolute atomic E-state index is 0.124. The number of ether oxygens (including phenoxy) is 1. The fraction of sp³-hybridized carbons (Fsp3) is 0.516. The number of aliphatic hydroxyl groups is 1. The highest BCUT2D eigenvalue weighted by Crippen LogP contribution is 2.74. The Morgan fingerprint density at radius 3 is 2.79 bits per heavy atom. The Bertz CT molecular complexity index is 1420. The topological polar surface area (TPSA) is 93.5 Å². The van der Waals surface area contributed by atoms with Crippen LogP contribution in [-0.2, 0) is 23.2 Å². The monoisotopic (exact) mass is 514 g/mol. The third-order valence-electron chi connectivity index (χ3n) is 10.7. The van der Waals surface area contributed by atoms with Gasteiger partial charge in [-0.3, -0.25) is 9.69 Å². The molecule has 3 N–H and O–H groups in total. The number of fused-ring (bicyclic) bond motifs is 1. The van der Waals surface area contributed by atoms with Crippen molar-refractivity contribution in [1.29, 1.82) is 0 Å². The number of phenolic OH excluding ortho intramolecular Hbond substituents is 2. The Kier molecular flexibility index (Phi) is 4.42. The van der Waals surface area contributed by atoms with E-state index in [0.717, 1.165) is 49.4 Å². The molecule has 2 aromatic carbocycles. The van der Waals surface area contributed by atoms with Crippen molar-refractivity contribution in [3.63, 3.8) is 0 Å². The smallest absolute Gasteiger partial charge is 0.252 e. The van der Waals surface area contributed by atoms with E-state index in [2.05, 4.69) is 11.0 Å². The molecule has 2 heterocycles. The second-order valence-corrected chi connectivity index (χ2v) is 12.7. The van der Waals surface area contributed by atoms with Crippen LogP contribution in [0.3, 0.4) is 0 Å². The molecule has 4 bridgehead atoms. The largest absolute Gasteiger partial charge is 0.508 e. The Balaban J connectivity index is 1.27. The lowest BCUT2D eigenvalue weighted by Gasteiger charge is -2.70. The minimum Gasteiger partial charge on any atom is -0.508 e. The van der Waals surface area contributed by atoms with E-state index < -0.39 is 17.1 Å². The number of likely N-dealkylation sites (tertiary alicyclic amines) is 1. The van der Waals surface area contributed by atoms with Gasteiger partial charge < -0.3 is 25.0 Å². The van der Waals surface area contributed by atoms with E-state index in [9.17, 15) is 20.1 Å². The third kappa shape index (κ3) is 2.69. The van der Waals surface area contributed by atoms with Crippen molar-refractivity contribution in [2.75, 3.05) is 20.1 Å². The number of aromatic hydroxyl groups is 2. The average Bonchev–Trinajstić information content (AvgIpc) is 3.63. The third-order valence-corrected chi connectivity index (χ3v) is 10.7. The Morgan fingerprint density at radius 2 is 2.00 bits per heavy atom. The predicted molar refractivity (Wildman–Crippen MR) is 140 cm³/mol. The van der Waals surface area contributed by atoms with Gasteiger partial charge in [-0.25, -0.2) is 0 Å². The van der Waals surface area contributed by atoms with E-state index in [1.54, 1.807) is 36.2 Å². The average molecular weight is 515 g/mol. The van der Waals surface area contributed by atoms with Crippen LogP contribution in [0.5, 0.6) is 17.2 Å². The number of carbonyl (C=O) groups is 1. The van der Waals surface area contributed by atoms with Gasteiger partial charge in [0.15, 0.2) is 11.5 Å². The number of hydrogen-bond donors (Lipinski definition) is 3. The number of amides is 1. The summed E-state index contributed by atoms with van der Waals surface area (Å²) in [6, 6.07) is 10.9. The maximum atomic E-state index is 14.1. The van der Waals surface area contributed by atoms with Crippen LogP contribution in [-0.4, -0.2) is 68.9 Å². The lowest BCUT2D eigenvalue weighted by atomic mass is 9.38. The van der Waals surface area contributed by atoms with Crippen molar-refractivity contribution in [1.82, 2.24) is 9.80 Å². The van der Waals surface area contributed by atoms with Gasteiger partial charge in [0, 0.05) is 42.7 Å². The molecule has 3 fully saturated rings. The van der Waals surface area contributed by atoms with Crippen molar-refractivity contribution in [3.8, 4) is 17.2 Å². The molecule has 2 aliphatic heterocycles.